The predicted octanol–water partition coefficient (Wildman–Crippen LogP) is 10.5. The molecule has 5 aliphatic carbocycles. The first-order valence-corrected chi connectivity index (χ1v) is 19.2. The highest BCUT2D eigenvalue weighted by Gasteiger charge is 2.57. The summed E-state index contributed by atoms with van der Waals surface area (Å²) in [7, 11) is 0. The maximum absolute atomic E-state index is 2.92. The van der Waals surface area contributed by atoms with E-state index in [-0.39, 0.29) is 17.7 Å². The SMILES string of the molecule is CC1=C(c2ccc3c(c2C)C(C)(C)c2ccccc2-3)B2c3ccccc3N(C34CC5CC(CC(C5)C3)C4)c3cccc(c32)N1c1ccccc1. The fourth-order valence-electron chi connectivity index (χ4n) is 12.8. The molecule has 5 aromatic rings. The lowest BCUT2D eigenvalue weighted by Gasteiger charge is -2.62. The zero-order valence-corrected chi connectivity index (χ0v) is 29.8. The van der Waals surface area contributed by atoms with Crippen LogP contribution in [0.5, 0.6) is 0 Å². The standard InChI is InChI=1S/C47H45BN2/c1-29-35(21-22-37-36-15-8-9-16-38(36)46(3,4)43(29)37)44-30(2)49(34-13-6-5-7-14-34)41-19-12-20-42-45(41)48(44)39-17-10-11-18-40(39)50(42)47-26-31-23-32(27-47)25-33(24-31)28-47/h5-22,31-33H,23-28H2,1-4H3. The van der Waals surface area contributed by atoms with Crippen LogP contribution in [0.3, 0.4) is 0 Å². The summed E-state index contributed by atoms with van der Waals surface area (Å²) in [6.07, 6.45) is 8.38. The summed E-state index contributed by atoms with van der Waals surface area (Å²) in [6.45, 7) is 9.82. The first kappa shape index (κ1) is 29.3. The van der Waals surface area contributed by atoms with E-state index in [9.17, 15) is 0 Å². The number of allylic oxidation sites excluding steroid dienone is 1. The molecule has 246 valence electrons. The van der Waals surface area contributed by atoms with Crippen molar-refractivity contribution in [3.05, 3.63) is 137 Å². The van der Waals surface area contributed by atoms with E-state index in [4.69, 9.17) is 0 Å². The molecule has 0 atom stereocenters. The third-order valence-electron chi connectivity index (χ3n) is 14.1. The minimum Gasteiger partial charge on any atom is -0.336 e. The molecular formula is C47H45BN2. The van der Waals surface area contributed by atoms with Gasteiger partial charge in [0.2, 0.25) is 0 Å². The van der Waals surface area contributed by atoms with E-state index in [1.54, 1.807) is 0 Å². The van der Waals surface area contributed by atoms with Crippen LogP contribution in [-0.2, 0) is 5.41 Å². The van der Waals surface area contributed by atoms with Crippen LogP contribution in [0.1, 0.15) is 81.5 Å². The van der Waals surface area contributed by atoms with Crippen LogP contribution in [0.25, 0.3) is 16.6 Å². The molecular weight excluding hydrogens is 603 g/mol. The van der Waals surface area contributed by atoms with Gasteiger partial charge in [0.1, 0.15) is 0 Å². The lowest BCUT2D eigenvalue weighted by Crippen LogP contribution is -2.64. The lowest BCUT2D eigenvalue weighted by atomic mass is 9.31. The quantitative estimate of drug-likeness (QED) is 0.180. The Morgan fingerprint density at radius 3 is 1.98 bits per heavy atom. The van der Waals surface area contributed by atoms with E-state index in [2.05, 4.69) is 147 Å². The first-order valence-electron chi connectivity index (χ1n) is 19.2. The maximum atomic E-state index is 2.92. The minimum atomic E-state index is -0.0584. The van der Waals surface area contributed by atoms with Crippen LogP contribution in [0, 0.1) is 24.7 Å². The summed E-state index contributed by atoms with van der Waals surface area (Å²) >= 11 is 0. The zero-order valence-electron chi connectivity index (χ0n) is 29.8. The number of hydrogen-bond donors (Lipinski definition) is 0. The number of hydrogen-bond acceptors (Lipinski definition) is 2. The molecule has 2 nitrogen and oxygen atoms in total. The van der Waals surface area contributed by atoms with E-state index in [1.807, 2.05) is 0 Å². The molecule has 12 rings (SSSR count). The topological polar surface area (TPSA) is 6.48 Å². The van der Waals surface area contributed by atoms with Gasteiger partial charge in [0.25, 0.3) is 6.71 Å². The van der Waals surface area contributed by atoms with Crippen molar-refractivity contribution in [2.45, 2.75) is 77.2 Å². The van der Waals surface area contributed by atoms with Gasteiger partial charge in [-0.3, -0.25) is 0 Å². The van der Waals surface area contributed by atoms with Crippen LogP contribution < -0.4 is 20.7 Å². The third kappa shape index (κ3) is 3.71. The van der Waals surface area contributed by atoms with Gasteiger partial charge < -0.3 is 9.80 Å². The van der Waals surface area contributed by atoms with Crippen molar-refractivity contribution in [1.29, 1.82) is 0 Å². The Labute approximate surface area is 297 Å². The number of nitrogens with zero attached hydrogens (tertiary/aromatic N) is 2. The predicted molar refractivity (Wildman–Crippen MR) is 211 cm³/mol. The molecule has 50 heavy (non-hydrogen) atoms. The van der Waals surface area contributed by atoms with Crippen molar-refractivity contribution in [2.75, 3.05) is 9.80 Å². The van der Waals surface area contributed by atoms with Crippen molar-refractivity contribution in [2.24, 2.45) is 17.8 Å². The summed E-state index contributed by atoms with van der Waals surface area (Å²) in [5.74, 6) is 2.64. The Hall–Kier alpha value is -4.50. The highest BCUT2D eigenvalue weighted by molar-refractivity contribution is 7.03. The van der Waals surface area contributed by atoms with Crippen molar-refractivity contribution in [3.8, 4) is 11.1 Å². The molecule has 5 aromatic carbocycles. The minimum absolute atomic E-state index is 0.0584. The van der Waals surface area contributed by atoms with Crippen LogP contribution in [0.15, 0.2) is 115 Å². The summed E-state index contributed by atoms with van der Waals surface area (Å²) in [5.41, 5.74) is 19.9. The summed E-state index contributed by atoms with van der Waals surface area (Å²) < 4.78 is 0. The molecule has 0 radical (unpaired) electrons. The fourth-order valence-corrected chi connectivity index (χ4v) is 12.8. The maximum Gasteiger partial charge on any atom is 0.252 e. The van der Waals surface area contributed by atoms with Gasteiger partial charge in [-0.1, -0.05) is 92.7 Å². The van der Waals surface area contributed by atoms with Crippen molar-refractivity contribution in [1.82, 2.24) is 0 Å². The van der Waals surface area contributed by atoms with Crippen molar-refractivity contribution in [3.63, 3.8) is 0 Å². The number of anilines is 4. The first-order chi connectivity index (χ1) is 24.3. The Balaban J connectivity index is 1.19. The van der Waals surface area contributed by atoms with E-state index in [0.717, 1.165) is 17.8 Å². The van der Waals surface area contributed by atoms with Gasteiger partial charge in [-0.2, -0.15) is 0 Å². The summed E-state index contributed by atoms with van der Waals surface area (Å²) in [4.78, 5) is 5.50. The van der Waals surface area contributed by atoms with Gasteiger partial charge in [-0.25, -0.2) is 0 Å². The largest absolute Gasteiger partial charge is 0.336 e. The number of fused-ring (bicyclic) bond motifs is 5. The molecule has 2 heterocycles. The highest BCUT2D eigenvalue weighted by atomic mass is 15.2. The van der Waals surface area contributed by atoms with Gasteiger partial charge in [0, 0.05) is 39.4 Å². The second kappa shape index (κ2) is 10.1. The third-order valence-corrected chi connectivity index (χ3v) is 14.1. The van der Waals surface area contributed by atoms with Crippen molar-refractivity contribution < 1.29 is 0 Å². The van der Waals surface area contributed by atoms with Gasteiger partial charge in [-0.15, -0.1) is 0 Å². The van der Waals surface area contributed by atoms with Gasteiger partial charge >= 0.3 is 0 Å². The van der Waals surface area contributed by atoms with E-state index in [1.165, 1.54) is 117 Å². The average Bonchev–Trinajstić information content (AvgIpc) is 3.35. The molecule has 4 saturated carbocycles. The molecule has 4 bridgehead atoms. The summed E-state index contributed by atoms with van der Waals surface area (Å²) in [6, 6.07) is 41.9. The molecule has 0 amide bonds. The smallest absolute Gasteiger partial charge is 0.252 e. The second-order valence-electron chi connectivity index (χ2n) is 17.2. The van der Waals surface area contributed by atoms with E-state index in [0.29, 0.717) is 0 Å². The van der Waals surface area contributed by atoms with Crippen LogP contribution in [-0.4, -0.2) is 12.3 Å². The molecule has 2 aliphatic heterocycles. The number of para-hydroxylation sites is 2. The van der Waals surface area contributed by atoms with Crippen molar-refractivity contribution >= 4 is 45.9 Å². The van der Waals surface area contributed by atoms with E-state index >= 15 is 0 Å². The molecule has 0 unspecified atom stereocenters. The van der Waals surface area contributed by atoms with Crippen LogP contribution in [0.2, 0.25) is 0 Å². The Morgan fingerprint density at radius 1 is 0.600 bits per heavy atom. The molecule has 3 heteroatoms. The Bertz CT molecular complexity index is 2240. The average molecular weight is 649 g/mol. The normalized spacial score (nSPS) is 26.2. The second-order valence-corrected chi connectivity index (χ2v) is 17.2. The van der Waals surface area contributed by atoms with Gasteiger partial charge in [0.05, 0.1) is 0 Å². The molecule has 7 aliphatic rings. The lowest BCUT2D eigenvalue weighted by molar-refractivity contribution is 0.000638. The van der Waals surface area contributed by atoms with Crippen LogP contribution in [0.4, 0.5) is 22.7 Å². The molecule has 0 N–H and O–H groups in total. The van der Waals surface area contributed by atoms with Gasteiger partial charge in [0.15, 0.2) is 0 Å². The fraction of sp³-hybridized carbons (Fsp3) is 0.319. The highest BCUT2D eigenvalue weighted by Crippen LogP contribution is 2.61. The monoisotopic (exact) mass is 648 g/mol. The summed E-state index contributed by atoms with van der Waals surface area (Å²) in [5, 5.41) is 0. The molecule has 0 spiro atoms. The van der Waals surface area contributed by atoms with E-state index < -0.39 is 0 Å². The number of benzene rings is 5. The molecule has 0 aromatic heterocycles. The zero-order chi connectivity index (χ0) is 33.5. The van der Waals surface area contributed by atoms with Crippen LogP contribution >= 0.6 is 0 Å². The Kier molecular flexibility index (Phi) is 5.89. The molecule has 4 fully saturated rings. The van der Waals surface area contributed by atoms with Gasteiger partial charge in [-0.05, 0) is 150 Å². The Morgan fingerprint density at radius 2 is 1.22 bits per heavy atom. The number of rotatable bonds is 3. The molecule has 0 saturated heterocycles.